The highest BCUT2D eigenvalue weighted by atomic mass is 19.4. The number of aromatic nitrogens is 2. The lowest BCUT2D eigenvalue weighted by Crippen LogP contribution is -2.31. The molecule has 47 heavy (non-hydrogen) atoms. The number of hydrogen-bond donors (Lipinski definition) is 0. The number of halogens is 3. The van der Waals surface area contributed by atoms with Crippen LogP contribution < -0.4 is 9.47 Å². The number of alkyl halides is 3. The Morgan fingerprint density at radius 1 is 0.702 bits per heavy atom. The lowest BCUT2D eigenvalue weighted by molar-refractivity contribution is -0.225. The van der Waals surface area contributed by atoms with E-state index < -0.39 is 18.2 Å². The van der Waals surface area contributed by atoms with Crippen molar-refractivity contribution in [1.29, 1.82) is 0 Å². The molecule has 258 valence electrons. The summed E-state index contributed by atoms with van der Waals surface area (Å²) in [4.78, 5) is 21.5. The highest BCUT2D eigenvalue weighted by Crippen LogP contribution is 2.28. The van der Waals surface area contributed by atoms with E-state index >= 15 is 0 Å². The van der Waals surface area contributed by atoms with Crippen molar-refractivity contribution in [2.24, 2.45) is 0 Å². The van der Waals surface area contributed by atoms with Crippen LogP contribution in [0, 0.1) is 0 Å². The standard InChI is InChI=1S/C38H51F3N2O4/c1-3-5-7-9-10-11-12-13-14-16-26-45-34-27-42-36(43-28-34)31-22-24-33(25-23-31)47-37(44)32-20-18-30(19-21-32)29-46-35(38(39,40)41)17-15-8-6-4-2/h18-25,27-28,35H,3-17,26,29H2,1-2H3. The van der Waals surface area contributed by atoms with Crippen molar-refractivity contribution in [3.05, 3.63) is 72.1 Å². The Labute approximate surface area is 278 Å². The number of nitrogens with zero attached hydrogens (tertiary/aromatic N) is 2. The molecule has 2 aromatic carbocycles. The van der Waals surface area contributed by atoms with Gasteiger partial charge in [-0.1, -0.05) is 109 Å². The van der Waals surface area contributed by atoms with Gasteiger partial charge in [0.1, 0.15) is 5.75 Å². The Bertz CT molecular complexity index is 1270. The minimum absolute atomic E-state index is 0.0575. The van der Waals surface area contributed by atoms with Gasteiger partial charge in [-0.3, -0.25) is 0 Å². The Hall–Kier alpha value is -3.46. The number of rotatable bonds is 23. The van der Waals surface area contributed by atoms with E-state index in [-0.39, 0.29) is 18.6 Å². The third-order valence-corrected chi connectivity index (χ3v) is 8.04. The van der Waals surface area contributed by atoms with Gasteiger partial charge in [-0.2, -0.15) is 13.2 Å². The first-order chi connectivity index (χ1) is 22.8. The van der Waals surface area contributed by atoms with Gasteiger partial charge < -0.3 is 14.2 Å². The second-order valence-corrected chi connectivity index (χ2v) is 12.1. The van der Waals surface area contributed by atoms with Crippen LogP contribution >= 0.6 is 0 Å². The zero-order valence-corrected chi connectivity index (χ0v) is 28.0. The molecule has 1 unspecified atom stereocenters. The van der Waals surface area contributed by atoms with E-state index in [0.717, 1.165) is 37.7 Å². The van der Waals surface area contributed by atoms with Crippen LogP contribution in [-0.2, 0) is 11.3 Å². The molecule has 0 bridgehead atoms. The van der Waals surface area contributed by atoms with Crippen molar-refractivity contribution >= 4 is 5.97 Å². The van der Waals surface area contributed by atoms with Crippen LogP contribution in [0.5, 0.6) is 11.5 Å². The number of carbonyl (C=O) groups excluding carboxylic acids is 1. The molecule has 0 radical (unpaired) electrons. The summed E-state index contributed by atoms with van der Waals surface area (Å²) in [5.41, 5.74) is 1.59. The molecule has 0 fully saturated rings. The summed E-state index contributed by atoms with van der Waals surface area (Å²) in [6.45, 7) is 4.71. The van der Waals surface area contributed by atoms with E-state index in [9.17, 15) is 18.0 Å². The third kappa shape index (κ3) is 14.9. The van der Waals surface area contributed by atoms with Gasteiger partial charge in [-0.25, -0.2) is 14.8 Å². The SMILES string of the molecule is CCCCCCCCCCCCOc1cnc(-c2ccc(OC(=O)c3ccc(COC(CCCCCC)C(F)(F)F)cc3)cc2)nc1. The van der Waals surface area contributed by atoms with Crippen LogP contribution in [0.15, 0.2) is 60.9 Å². The molecule has 0 amide bonds. The average molecular weight is 657 g/mol. The Morgan fingerprint density at radius 2 is 1.26 bits per heavy atom. The molecular formula is C38H51F3N2O4. The highest BCUT2D eigenvalue weighted by Gasteiger charge is 2.40. The van der Waals surface area contributed by atoms with E-state index in [0.29, 0.717) is 35.9 Å². The number of ether oxygens (including phenoxy) is 3. The summed E-state index contributed by atoms with van der Waals surface area (Å²) in [7, 11) is 0. The van der Waals surface area contributed by atoms with Gasteiger partial charge >= 0.3 is 12.1 Å². The summed E-state index contributed by atoms with van der Waals surface area (Å²) in [5, 5.41) is 0. The lowest BCUT2D eigenvalue weighted by Gasteiger charge is -2.21. The Kier molecular flexibility index (Phi) is 17.3. The zero-order valence-electron chi connectivity index (χ0n) is 28.0. The summed E-state index contributed by atoms with van der Waals surface area (Å²) in [6, 6.07) is 13.0. The van der Waals surface area contributed by atoms with Gasteiger partial charge in [0, 0.05) is 5.56 Å². The quantitative estimate of drug-likeness (QED) is 0.0575. The largest absolute Gasteiger partial charge is 0.490 e. The summed E-state index contributed by atoms with van der Waals surface area (Å²) < 4.78 is 56.6. The normalized spacial score (nSPS) is 12.2. The molecule has 0 spiro atoms. The fraction of sp³-hybridized carbons (Fsp3) is 0.553. The fourth-order valence-electron chi connectivity index (χ4n) is 5.19. The number of benzene rings is 2. The van der Waals surface area contributed by atoms with E-state index in [4.69, 9.17) is 14.2 Å². The number of unbranched alkanes of at least 4 members (excludes halogenated alkanes) is 12. The first kappa shape index (κ1) is 38.0. The molecule has 1 atom stereocenters. The van der Waals surface area contributed by atoms with Crippen LogP contribution in [-0.4, -0.2) is 34.8 Å². The number of hydrogen-bond acceptors (Lipinski definition) is 6. The average Bonchev–Trinajstić information content (AvgIpc) is 3.07. The number of esters is 1. The lowest BCUT2D eigenvalue weighted by atomic mass is 10.1. The molecule has 3 rings (SSSR count). The molecule has 3 aromatic rings. The topological polar surface area (TPSA) is 70.5 Å². The monoisotopic (exact) mass is 656 g/mol. The molecule has 6 nitrogen and oxygen atoms in total. The van der Waals surface area contributed by atoms with Crippen molar-refractivity contribution in [3.8, 4) is 22.9 Å². The maximum Gasteiger partial charge on any atom is 0.414 e. The first-order valence-electron chi connectivity index (χ1n) is 17.3. The second-order valence-electron chi connectivity index (χ2n) is 12.1. The van der Waals surface area contributed by atoms with Crippen molar-refractivity contribution in [2.75, 3.05) is 6.61 Å². The van der Waals surface area contributed by atoms with Crippen molar-refractivity contribution in [3.63, 3.8) is 0 Å². The third-order valence-electron chi connectivity index (χ3n) is 8.04. The molecule has 0 saturated carbocycles. The molecule has 0 aliphatic carbocycles. The Morgan fingerprint density at radius 3 is 1.83 bits per heavy atom. The van der Waals surface area contributed by atoms with Crippen LogP contribution in [0.25, 0.3) is 11.4 Å². The fourth-order valence-corrected chi connectivity index (χ4v) is 5.19. The molecule has 0 aliphatic heterocycles. The maximum absolute atomic E-state index is 13.4. The smallest absolute Gasteiger partial charge is 0.414 e. The van der Waals surface area contributed by atoms with Gasteiger partial charge in [0.2, 0.25) is 0 Å². The summed E-state index contributed by atoms with van der Waals surface area (Å²) in [6.07, 6.45) is 12.9. The van der Waals surface area contributed by atoms with Crippen molar-refractivity contribution in [2.45, 2.75) is 129 Å². The minimum atomic E-state index is -4.42. The van der Waals surface area contributed by atoms with E-state index in [1.165, 1.54) is 63.5 Å². The Balaban J connectivity index is 1.38. The first-order valence-corrected chi connectivity index (χ1v) is 17.3. The second kappa shape index (κ2) is 21.4. The van der Waals surface area contributed by atoms with Crippen LogP contribution in [0.1, 0.15) is 126 Å². The number of carbonyl (C=O) groups is 1. The molecular weight excluding hydrogens is 605 g/mol. The molecule has 1 aromatic heterocycles. The molecule has 9 heteroatoms. The van der Waals surface area contributed by atoms with Crippen LogP contribution in [0.2, 0.25) is 0 Å². The predicted molar refractivity (Wildman–Crippen MR) is 180 cm³/mol. The van der Waals surface area contributed by atoms with Crippen molar-refractivity contribution in [1.82, 2.24) is 9.97 Å². The van der Waals surface area contributed by atoms with Crippen LogP contribution in [0.3, 0.4) is 0 Å². The van der Waals surface area contributed by atoms with E-state index in [1.807, 2.05) is 6.92 Å². The van der Waals surface area contributed by atoms with Crippen LogP contribution in [0.4, 0.5) is 13.2 Å². The molecule has 0 N–H and O–H groups in total. The zero-order chi connectivity index (χ0) is 33.7. The maximum atomic E-state index is 13.4. The van der Waals surface area contributed by atoms with Gasteiger partial charge in [0.25, 0.3) is 0 Å². The van der Waals surface area contributed by atoms with Gasteiger partial charge in [-0.15, -0.1) is 0 Å². The van der Waals surface area contributed by atoms with E-state index in [2.05, 4.69) is 16.9 Å². The molecule has 0 aliphatic rings. The van der Waals surface area contributed by atoms with E-state index in [1.54, 1.807) is 48.8 Å². The summed E-state index contributed by atoms with van der Waals surface area (Å²) in [5.74, 6) is 0.934. The van der Waals surface area contributed by atoms with Gasteiger partial charge in [-0.05, 0) is 54.8 Å². The summed E-state index contributed by atoms with van der Waals surface area (Å²) >= 11 is 0. The molecule has 1 heterocycles. The minimum Gasteiger partial charge on any atom is -0.490 e. The van der Waals surface area contributed by atoms with Crippen molar-refractivity contribution < 1.29 is 32.2 Å². The highest BCUT2D eigenvalue weighted by molar-refractivity contribution is 5.91. The molecule has 0 saturated heterocycles. The predicted octanol–water partition coefficient (Wildman–Crippen LogP) is 11.1. The van der Waals surface area contributed by atoms with Gasteiger partial charge in [0.15, 0.2) is 17.7 Å². The van der Waals surface area contributed by atoms with Gasteiger partial charge in [0.05, 0.1) is 31.2 Å².